The molecule has 1 aliphatic heterocycles. The molecule has 2 aromatic rings. The maximum absolute atomic E-state index is 14.0. The van der Waals surface area contributed by atoms with Crippen molar-refractivity contribution < 1.29 is 33.2 Å². The quantitative estimate of drug-likeness (QED) is 0.242. The van der Waals surface area contributed by atoms with Gasteiger partial charge in [0.05, 0.1) is 25.3 Å². The predicted octanol–water partition coefficient (Wildman–Crippen LogP) is 3.21. The van der Waals surface area contributed by atoms with E-state index in [1.807, 2.05) is 60.7 Å². The third kappa shape index (κ3) is 7.70. The van der Waals surface area contributed by atoms with Crippen molar-refractivity contribution in [3.63, 3.8) is 0 Å². The summed E-state index contributed by atoms with van der Waals surface area (Å²) in [5, 5.41) is 11.2. The summed E-state index contributed by atoms with van der Waals surface area (Å²) in [4.78, 5) is 53.2. The first-order chi connectivity index (χ1) is 22.8. The third-order valence-corrected chi connectivity index (χ3v) is 10.7. The fraction of sp³-hybridized carbons (Fsp3) is 0.556. The number of benzene rings is 2. The molecular weight excluding hydrogens is 611 g/mol. The summed E-state index contributed by atoms with van der Waals surface area (Å²) in [5.74, 6) is -0.737. The Bertz CT molecular complexity index is 1460. The number of carbonyl (C=O) groups is 4. The van der Waals surface area contributed by atoms with Crippen molar-refractivity contribution in [3.05, 3.63) is 71.8 Å². The first-order valence-corrected chi connectivity index (χ1v) is 17.0. The number of rotatable bonds is 13. The van der Waals surface area contributed by atoms with E-state index in [-0.39, 0.29) is 42.6 Å². The number of amides is 4. The lowest BCUT2D eigenvalue weighted by atomic mass is 9.43. The van der Waals surface area contributed by atoms with Gasteiger partial charge in [-0.2, -0.15) is 0 Å². The summed E-state index contributed by atoms with van der Waals surface area (Å²) in [6.45, 7) is 10.3. The van der Waals surface area contributed by atoms with Crippen LogP contribution in [0.5, 0.6) is 0 Å². The molecule has 4 aliphatic rings. The van der Waals surface area contributed by atoms with Crippen molar-refractivity contribution in [2.75, 3.05) is 13.6 Å². The van der Waals surface area contributed by atoms with Gasteiger partial charge >= 0.3 is 13.2 Å². The van der Waals surface area contributed by atoms with Gasteiger partial charge in [0.15, 0.2) is 0 Å². The minimum absolute atomic E-state index is 0.0123. The van der Waals surface area contributed by atoms with Crippen LogP contribution in [0.25, 0.3) is 0 Å². The second-order valence-electron chi connectivity index (χ2n) is 14.5. The number of alkyl carbamates (subject to hydrolysis) is 1. The first kappa shape index (κ1) is 35.4. The van der Waals surface area contributed by atoms with E-state index in [0.717, 1.165) is 24.0 Å². The lowest BCUT2D eigenvalue weighted by Crippen LogP contribution is -2.65. The number of hydrogen-bond acceptors (Lipinski definition) is 7. The molecule has 7 atom stereocenters. The molecule has 48 heavy (non-hydrogen) atoms. The highest BCUT2D eigenvalue weighted by atomic mass is 16.7. The fourth-order valence-electron chi connectivity index (χ4n) is 7.72. The zero-order valence-electron chi connectivity index (χ0n) is 28.8. The molecule has 1 heterocycles. The summed E-state index contributed by atoms with van der Waals surface area (Å²) in [6, 6.07) is 15.8. The Morgan fingerprint density at radius 3 is 1.94 bits per heavy atom. The molecule has 1 saturated heterocycles. The number of hydrogen-bond donors (Lipinski definition) is 4. The Balaban J connectivity index is 1.29. The number of carbonyl (C=O) groups excluding carboxylic acids is 4. The maximum atomic E-state index is 14.0. The molecule has 11 nitrogen and oxygen atoms in total. The number of nitrogens with one attached hydrogen (secondary N) is 4. The van der Waals surface area contributed by atoms with Gasteiger partial charge in [-0.25, -0.2) is 4.79 Å². The highest BCUT2D eigenvalue weighted by molar-refractivity contribution is 6.46. The smallest absolute Gasteiger partial charge is 0.453 e. The second-order valence-corrected chi connectivity index (χ2v) is 14.5. The van der Waals surface area contributed by atoms with E-state index in [4.69, 9.17) is 14.0 Å². The predicted molar refractivity (Wildman–Crippen MR) is 181 cm³/mol. The summed E-state index contributed by atoms with van der Waals surface area (Å²) < 4.78 is 17.5. The molecule has 6 rings (SSSR count). The lowest BCUT2D eigenvalue weighted by molar-refractivity contribution is -0.199. The molecule has 0 aromatic heterocycles. The molecule has 3 aliphatic carbocycles. The molecule has 12 heteroatoms. The van der Waals surface area contributed by atoms with Crippen LogP contribution in [0.2, 0.25) is 0 Å². The summed E-state index contributed by atoms with van der Waals surface area (Å²) in [5.41, 5.74) is 1.48. The number of methoxy groups -OCH3 is 1. The molecule has 2 aromatic carbocycles. The van der Waals surface area contributed by atoms with Gasteiger partial charge in [0.2, 0.25) is 17.7 Å². The molecular formula is C36H49BN4O7. The van der Waals surface area contributed by atoms with E-state index >= 15 is 0 Å². The Morgan fingerprint density at radius 1 is 0.833 bits per heavy atom. The second kappa shape index (κ2) is 14.7. The first-order valence-electron chi connectivity index (χ1n) is 17.0. The average molecular weight is 661 g/mol. The largest absolute Gasteiger partial charge is 0.478 e. The lowest BCUT2D eigenvalue weighted by Gasteiger charge is -2.64. The Kier molecular flexibility index (Phi) is 10.8. The van der Waals surface area contributed by atoms with E-state index in [9.17, 15) is 19.2 Å². The van der Waals surface area contributed by atoms with Crippen LogP contribution in [0.3, 0.4) is 0 Å². The van der Waals surface area contributed by atoms with Crippen molar-refractivity contribution in [2.45, 2.75) is 90.1 Å². The van der Waals surface area contributed by atoms with Crippen molar-refractivity contribution in [3.8, 4) is 0 Å². The van der Waals surface area contributed by atoms with Gasteiger partial charge in [-0.3, -0.25) is 14.4 Å². The van der Waals surface area contributed by atoms with Crippen molar-refractivity contribution in [2.24, 2.45) is 23.2 Å². The van der Waals surface area contributed by atoms with Gasteiger partial charge in [-0.1, -0.05) is 88.4 Å². The third-order valence-electron chi connectivity index (χ3n) is 10.7. The Labute approximate surface area is 283 Å². The standard InChI is InChI=1S/C36H49BN4O7/c1-22(2)30(41-34(45)46-6)33(44)40-27(18-24-15-11-8-12-16-24)32(43)39-26(17-23-13-9-7-10-14-23)31(42)38-21-37-47-29-20-25-19-28(35(25,3)4)36(29,5)48-37/h7-16,22,25-30H,17-21H2,1-6H3,(H,38,42)(H,39,43)(H,40,44)(H,41,45)/t25?,26-,27?,28?,29+,30-,36-/m0/s1. The molecule has 2 bridgehead atoms. The molecule has 4 fully saturated rings. The summed E-state index contributed by atoms with van der Waals surface area (Å²) in [7, 11) is 0.628. The van der Waals surface area contributed by atoms with Crippen LogP contribution < -0.4 is 21.3 Å². The molecule has 3 unspecified atom stereocenters. The van der Waals surface area contributed by atoms with Gasteiger partial charge in [-0.05, 0) is 54.1 Å². The van der Waals surface area contributed by atoms with Gasteiger partial charge in [0.25, 0.3) is 0 Å². The Hall–Kier alpha value is -3.90. The Morgan fingerprint density at radius 2 is 1.40 bits per heavy atom. The van der Waals surface area contributed by atoms with E-state index in [2.05, 4.69) is 42.0 Å². The normalized spacial score (nSPS) is 25.5. The average Bonchev–Trinajstić information content (AvgIpc) is 3.42. The molecule has 0 spiro atoms. The zero-order chi connectivity index (χ0) is 34.6. The SMILES string of the molecule is COC(=O)N[C@H](C(=O)NC(Cc1ccccc1)C(=O)N[C@@H](Cc1ccccc1)C(=O)NCB1O[C@@H]2CC3CC(C3(C)C)[C@]2(C)O1)C(C)C. The van der Waals surface area contributed by atoms with Crippen LogP contribution in [-0.2, 0) is 41.3 Å². The van der Waals surface area contributed by atoms with Crippen LogP contribution in [0.1, 0.15) is 58.6 Å². The van der Waals surface area contributed by atoms with Crippen LogP contribution >= 0.6 is 0 Å². The van der Waals surface area contributed by atoms with Crippen LogP contribution in [0, 0.1) is 23.2 Å². The maximum Gasteiger partial charge on any atom is 0.478 e. The van der Waals surface area contributed by atoms with Crippen LogP contribution in [0.4, 0.5) is 4.79 Å². The van der Waals surface area contributed by atoms with Gasteiger partial charge in [-0.15, -0.1) is 0 Å². The van der Waals surface area contributed by atoms with Crippen molar-refractivity contribution in [1.29, 1.82) is 0 Å². The minimum atomic E-state index is -1.04. The van der Waals surface area contributed by atoms with Crippen LogP contribution in [-0.4, -0.2) is 74.3 Å². The fourth-order valence-corrected chi connectivity index (χ4v) is 7.72. The molecule has 3 saturated carbocycles. The molecule has 0 radical (unpaired) electrons. The van der Waals surface area contributed by atoms with E-state index in [1.54, 1.807) is 13.8 Å². The highest BCUT2D eigenvalue weighted by Crippen LogP contribution is 2.65. The van der Waals surface area contributed by atoms with E-state index in [0.29, 0.717) is 11.8 Å². The van der Waals surface area contributed by atoms with Gasteiger partial charge in [0.1, 0.15) is 18.1 Å². The monoisotopic (exact) mass is 660 g/mol. The highest BCUT2D eigenvalue weighted by Gasteiger charge is 2.67. The van der Waals surface area contributed by atoms with Crippen LogP contribution in [0.15, 0.2) is 60.7 Å². The van der Waals surface area contributed by atoms with E-state index < -0.39 is 48.8 Å². The van der Waals surface area contributed by atoms with Gasteiger partial charge in [0, 0.05) is 12.8 Å². The molecule has 4 amide bonds. The number of ether oxygens (including phenoxy) is 1. The summed E-state index contributed by atoms with van der Waals surface area (Å²) in [6.07, 6.45) is 1.85. The molecule has 258 valence electrons. The van der Waals surface area contributed by atoms with Gasteiger partial charge < -0.3 is 35.3 Å². The van der Waals surface area contributed by atoms with E-state index in [1.165, 1.54) is 7.11 Å². The molecule has 4 N–H and O–H groups in total. The van der Waals surface area contributed by atoms with Crippen molar-refractivity contribution in [1.82, 2.24) is 21.3 Å². The minimum Gasteiger partial charge on any atom is -0.453 e. The summed E-state index contributed by atoms with van der Waals surface area (Å²) >= 11 is 0. The van der Waals surface area contributed by atoms with Crippen molar-refractivity contribution >= 4 is 30.9 Å². The topological polar surface area (TPSA) is 144 Å². The zero-order valence-corrected chi connectivity index (χ0v) is 28.8.